The van der Waals surface area contributed by atoms with E-state index in [1.165, 1.54) is 9.08 Å². The topological polar surface area (TPSA) is 59.6 Å². The molecule has 1 amide bonds. The molecule has 1 saturated heterocycles. The summed E-state index contributed by atoms with van der Waals surface area (Å²) in [5.41, 5.74) is 0.464. The van der Waals surface area contributed by atoms with Crippen molar-refractivity contribution in [2.24, 2.45) is 0 Å². The number of rotatable bonds is 2. The molecular weight excluding hydrogens is 268 g/mol. The summed E-state index contributed by atoms with van der Waals surface area (Å²) in [6, 6.07) is 4.06. The van der Waals surface area contributed by atoms with E-state index in [1.807, 2.05) is 11.0 Å². The van der Waals surface area contributed by atoms with E-state index in [2.05, 4.69) is 18.9 Å². The van der Waals surface area contributed by atoms with Crippen molar-refractivity contribution < 1.29 is 4.79 Å². The number of hydrogen-bond donors (Lipinski definition) is 0. The minimum absolute atomic E-state index is 0.00162. The molecule has 2 unspecified atom stereocenters. The number of fused-ring (bicyclic) bond motifs is 1. The molecule has 0 spiro atoms. The Bertz CT molecular complexity index is 708. The Balaban J connectivity index is 1.85. The lowest BCUT2D eigenvalue weighted by atomic mass is 9.97. The van der Waals surface area contributed by atoms with Gasteiger partial charge < -0.3 is 4.90 Å². The second-order valence-electron chi connectivity index (χ2n) is 5.82. The van der Waals surface area contributed by atoms with Crippen molar-refractivity contribution in [2.45, 2.75) is 51.7 Å². The maximum atomic E-state index is 12.5. The van der Waals surface area contributed by atoms with E-state index in [9.17, 15) is 9.59 Å². The highest BCUT2D eigenvalue weighted by atomic mass is 16.2. The maximum absolute atomic E-state index is 12.5. The van der Waals surface area contributed by atoms with E-state index in [1.54, 1.807) is 18.5 Å². The highest BCUT2D eigenvalue weighted by Crippen LogP contribution is 2.22. The van der Waals surface area contributed by atoms with Crippen LogP contribution < -0.4 is 5.69 Å². The minimum atomic E-state index is -0.275. The lowest BCUT2D eigenvalue weighted by molar-refractivity contribution is -0.138. The molecule has 3 rings (SSSR count). The predicted octanol–water partition coefficient (Wildman–Crippen LogP) is 1.29. The molecule has 1 fully saturated rings. The molecule has 1 aliphatic heterocycles. The first kappa shape index (κ1) is 13.9. The van der Waals surface area contributed by atoms with E-state index < -0.39 is 0 Å². The molecule has 1 aliphatic rings. The van der Waals surface area contributed by atoms with Crippen LogP contribution in [0.4, 0.5) is 0 Å². The van der Waals surface area contributed by atoms with E-state index in [4.69, 9.17) is 0 Å². The molecule has 6 nitrogen and oxygen atoms in total. The minimum Gasteiger partial charge on any atom is -0.336 e. The van der Waals surface area contributed by atoms with Crippen LogP contribution in [0.1, 0.15) is 33.1 Å². The van der Waals surface area contributed by atoms with Gasteiger partial charge in [-0.05, 0) is 45.2 Å². The van der Waals surface area contributed by atoms with Crippen LogP contribution in [0, 0.1) is 0 Å². The molecule has 2 aromatic heterocycles. The Labute approximate surface area is 123 Å². The molecule has 3 heterocycles. The molecule has 0 aliphatic carbocycles. The van der Waals surface area contributed by atoms with Crippen molar-refractivity contribution >= 4 is 11.4 Å². The zero-order valence-corrected chi connectivity index (χ0v) is 12.4. The van der Waals surface area contributed by atoms with E-state index in [-0.39, 0.29) is 30.2 Å². The van der Waals surface area contributed by atoms with Gasteiger partial charge in [0.1, 0.15) is 6.54 Å². The predicted molar refractivity (Wildman–Crippen MR) is 79.1 cm³/mol. The summed E-state index contributed by atoms with van der Waals surface area (Å²) < 4.78 is 2.74. The quantitative estimate of drug-likeness (QED) is 0.836. The Morgan fingerprint density at radius 3 is 2.76 bits per heavy atom. The molecular formula is C15H20N4O2. The molecule has 6 heteroatoms. The van der Waals surface area contributed by atoms with Gasteiger partial charge in [-0.25, -0.2) is 9.48 Å². The number of carbonyl (C=O) groups excluding carboxylic acids is 1. The highest BCUT2D eigenvalue weighted by molar-refractivity contribution is 5.76. The van der Waals surface area contributed by atoms with Crippen molar-refractivity contribution in [3.63, 3.8) is 0 Å². The average Bonchev–Trinajstić information content (AvgIpc) is 2.91. The van der Waals surface area contributed by atoms with Gasteiger partial charge in [0, 0.05) is 18.3 Å². The van der Waals surface area contributed by atoms with Crippen molar-refractivity contribution in [3.05, 3.63) is 35.0 Å². The lowest BCUT2D eigenvalue weighted by Gasteiger charge is -2.39. The number of piperidine rings is 1. The van der Waals surface area contributed by atoms with Crippen LogP contribution in [-0.4, -0.2) is 37.1 Å². The Morgan fingerprint density at radius 2 is 2.05 bits per heavy atom. The number of carbonyl (C=O) groups is 1. The Hall–Kier alpha value is -2.11. The fraction of sp³-hybridized carbons (Fsp3) is 0.533. The smallest absolute Gasteiger partial charge is 0.336 e. The Kier molecular flexibility index (Phi) is 3.53. The van der Waals surface area contributed by atoms with Crippen LogP contribution in [0.3, 0.4) is 0 Å². The number of likely N-dealkylation sites (tertiary alicyclic amines) is 1. The second-order valence-corrected chi connectivity index (χ2v) is 5.82. The molecule has 2 atom stereocenters. The van der Waals surface area contributed by atoms with E-state index in [0.717, 1.165) is 24.8 Å². The van der Waals surface area contributed by atoms with E-state index in [0.29, 0.717) is 0 Å². The lowest BCUT2D eigenvalue weighted by Crippen LogP contribution is -2.49. The zero-order valence-electron chi connectivity index (χ0n) is 12.4. The molecule has 0 N–H and O–H groups in total. The zero-order chi connectivity index (χ0) is 15.0. The van der Waals surface area contributed by atoms with Crippen molar-refractivity contribution in [1.29, 1.82) is 0 Å². The van der Waals surface area contributed by atoms with Gasteiger partial charge in [-0.2, -0.15) is 5.10 Å². The maximum Gasteiger partial charge on any atom is 0.349 e. The normalized spacial score (nSPS) is 22.7. The van der Waals surface area contributed by atoms with Gasteiger partial charge >= 0.3 is 5.69 Å². The van der Waals surface area contributed by atoms with Gasteiger partial charge in [-0.15, -0.1) is 0 Å². The average molecular weight is 288 g/mol. The molecule has 21 heavy (non-hydrogen) atoms. The van der Waals surface area contributed by atoms with Gasteiger partial charge in [0.15, 0.2) is 0 Å². The molecule has 0 bridgehead atoms. The second kappa shape index (κ2) is 5.35. The van der Waals surface area contributed by atoms with Crippen LogP contribution in [0.25, 0.3) is 5.52 Å². The summed E-state index contributed by atoms with van der Waals surface area (Å²) in [5, 5.41) is 4.10. The summed E-state index contributed by atoms with van der Waals surface area (Å²) in [5.74, 6) is -0.0317. The molecule has 0 radical (unpaired) electrons. The summed E-state index contributed by atoms with van der Waals surface area (Å²) in [4.78, 5) is 26.7. The number of nitrogens with zero attached hydrogens (tertiary/aromatic N) is 4. The number of amides is 1. The van der Waals surface area contributed by atoms with Crippen LogP contribution in [0.5, 0.6) is 0 Å². The van der Waals surface area contributed by atoms with Gasteiger partial charge in [0.05, 0.1) is 11.7 Å². The Morgan fingerprint density at radius 1 is 1.33 bits per heavy atom. The fourth-order valence-corrected chi connectivity index (χ4v) is 3.21. The van der Waals surface area contributed by atoms with Gasteiger partial charge in [0.2, 0.25) is 5.91 Å². The first-order chi connectivity index (χ1) is 10.1. The number of hydrogen-bond acceptors (Lipinski definition) is 3. The van der Waals surface area contributed by atoms with Gasteiger partial charge in [-0.1, -0.05) is 0 Å². The first-order valence-electron chi connectivity index (χ1n) is 7.42. The van der Waals surface area contributed by atoms with Gasteiger partial charge in [0.25, 0.3) is 0 Å². The van der Waals surface area contributed by atoms with Crippen molar-refractivity contribution in [2.75, 3.05) is 0 Å². The molecule has 0 saturated carbocycles. The largest absolute Gasteiger partial charge is 0.349 e. The van der Waals surface area contributed by atoms with Crippen molar-refractivity contribution in [1.82, 2.24) is 19.1 Å². The van der Waals surface area contributed by atoms with Crippen LogP contribution in [-0.2, 0) is 11.3 Å². The summed E-state index contributed by atoms with van der Waals surface area (Å²) in [6.45, 7) is 4.14. The molecule has 2 aromatic rings. The third-order valence-corrected chi connectivity index (χ3v) is 4.30. The molecule has 0 aromatic carbocycles. The first-order valence-corrected chi connectivity index (χ1v) is 7.42. The third-order valence-electron chi connectivity index (χ3n) is 4.30. The summed E-state index contributed by atoms with van der Waals surface area (Å²) >= 11 is 0. The fourth-order valence-electron chi connectivity index (χ4n) is 3.21. The number of aromatic nitrogens is 3. The van der Waals surface area contributed by atoms with Gasteiger partial charge in [-0.3, -0.25) is 9.20 Å². The highest BCUT2D eigenvalue weighted by Gasteiger charge is 2.29. The standard InChI is InChI=1S/C15H20N4O2/c1-11-5-3-6-12(2)19(11)14(20)10-18-15(21)17-8-4-7-13(17)9-16-18/h4,7-9,11-12H,3,5-6,10H2,1-2H3. The monoisotopic (exact) mass is 288 g/mol. The summed E-state index contributed by atoms with van der Waals surface area (Å²) in [7, 11) is 0. The van der Waals surface area contributed by atoms with Crippen LogP contribution >= 0.6 is 0 Å². The summed E-state index contributed by atoms with van der Waals surface area (Å²) in [6.07, 6.45) is 6.49. The molecule has 112 valence electrons. The van der Waals surface area contributed by atoms with Crippen LogP contribution in [0.2, 0.25) is 0 Å². The van der Waals surface area contributed by atoms with Crippen LogP contribution in [0.15, 0.2) is 29.3 Å². The third kappa shape index (κ3) is 2.46. The van der Waals surface area contributed by atoms with E-state index >= 15 is 0 Å². The van der Waals surface area contributed by atoms with Crippen molar-refractivity contribution in [3.8, 4) is 0 Å². The SMILES string of the molecule is CC1CCCC(C)N1C(=O)Cn1ncc2cccn2c1=O.